The van der Waals surface area contributed by atoms with Gasteiger partial charge in [-0.3, -0.25) is 4.68 Å². The Morgan fingerprint density at radius 1 is 1.54 bits per heavy atom. The fourth-order valence-electron chi connectivity index (χ4n) is 1.65. The molecule has 1 aliphatic carbocycles. The Morgan fingerprint density at radius 2 is 2.46 bits per heavy atom. The van der Waals surface area contributed by atoms with E-state index in [-0.39, 0.29) is 0 Å². The lowest BCUT2D eigenvalue weighted by Gasteiger charge is -2.00. The summed E-state index contributed by atoms with van der Waals surface area (Å²) in [6, 6.07) is 6.24. The average molecular weight is 173 g/mol. The van der Waals surface area contributed by atoms with Crippen molar-refractivity contribution in [2.24, 2.45) is 5.92 Å². The Kier molecular flexibility index (Phi) is 1.23. The van der Waals surface area contributed by atoms with E-state index in [9.17, 15) is 0 Å². The number of hydrogen-bond donors (Lipinski definition) is 0. The van der Waals surface area contributed by atoms with E-state index in [1.54, 1.807) is 0 Å². The normalized spacial score (nSPS) is 17.7. The highest BCUT2D eigenvalue weighted by Gasteiger charge is 2.22. The zero-order chi connectivity index (χ0) is 9.54. The van der Waals surface area contributed by atoms with Crippen LogP contribution in [0.1, 0.15) is 14.2 Å². The Balaban J connectivity index is 2.08. The van der Waals surface area contributed by atoms with Crippen molar-refractivity contribution in [1.82, 2.24) is 9.78 Å². The maximum absolute atomic E-state index is 7.57. The van der Waals surface area contributed by atoms with Gasteiger partial charge in [0.1, 0.15) is 0 Å². The summed E-state index contributed by atoms with van der Waals surface area (Å²) >= 11 is 0. The van der Waals surface area contributed by atoms with Crippen LogP contribution in [0.4, 0.5) is 0 Å². The zero-order valence-corrected chi connectivity index (χ0v) is 7.40. The van der Waals surface area contributed by atoms with Gasteiger partial charge in [0.25, 0.3) is 0 Å². The van der Waals surface area contributed by atoms with E-state index in [1.807, 2.05) is 29.1 Å². The molecule has 0 unspecified atom stereocenters. The molecule has 66 valence electrons. The summed E-state index contributed by atoms with van der Waals surface area (Å²) in [4.78, 5) is 0. The molecule has 1 fully saturated rings. The van der Waals surface area contributed by atoms with Crippen molar-refractivity contribution in [2.45, 2.75) is 19.4 Å². The van der Waals surface area contributed by atoms with E-state index in [0.29, 0.717) is 6.04 Å². The molecule has 2 aromatic rings. The number of para-hydroxylation sites is 1. The summed E-state index contributed by atoms with van der Waals surface area (Å²) in [5, 5.41) is 5.49. The van der Waals surface area contributed by atoms with Crippen molar-refractivity contribution >= 4 is 10.9 Å². The van der Waals surface area contributed by atoms with Gasteiger partial charge in [-0.25, -0.2) is 0 Å². The van der Waals surface area contributed by atoms with Crippen molar-refractivity contribution in [3.05, 3.63) is 30.4 Å². The molecule has 0 amide bonds. The standard InChI is InChI=1S/C11H12N2/c1-2-4-11-10(3-1)7-12-13(11)8-9-5-6-9/h1-4,7,9H,5-6,8H2/i2D. The first-order chi connectivity index (χ1) is 6.83. The minimum absolute atomic E-state index is 0.565. The molecule has 1 aromatic carbocycles. The van der Waals surface area contributed by atoms with Crippen LogP contribution in [0, 0.1) is 5.92 Å². The van der Waals surface area contributed by atoms with E-state index >= 15 is 0 Å². The third-order valence-corrected chi connectivity index (χ3v) is 2.62. The zero-order valence-electron chi connectivity index (χ0n) is 8.40. The highest BCUT2D eigenvalue weighted by molar-refractivity contribution is 5.78. The fourth-order valence-corrected chi connectivity index (χ4v) is 1.65. The Labute approximate surface area is 78.6 Å². The molecule has 2 heteroatoms. The summed E-state index contributed by atoms with van der Waals surface area (Å²) in [7, 11) is 0. The van der Waals surface area contributed by atoms with E-state index in [0.717, 1.165) is 23.4 Å². The first-order valence-corrected chi connectivity index (χ1v) is 4.75. The van der Waals surface area contributed by atoms with Gasteiger partial charge >= 0.3 is 0 Å². The van der Waals surface area contributed by atoms with Gasteiger partial charge in [0.2, 0.25) is 0 Å². The second-order valence-corrected chi connectivity index (χ2v) is 3.75. The SMILES string of the molecule is [2H]c1ccc2cnn(CC3CC3)c2c1. The van der Waals surface area contributed by atoms with Gasteiger partial charge in [-0.2, -0.15) is 5.10 Å². The number of benzene rings is 1. The van der Waals surface area contributed by atoms with E-state index in [4.69, 9.17) is 1.37 Å². The Bertz CT molecular complexity index is 471. The second kappa shape index (κ2) is 2.59. The summed E-state index contributed by atoms with van der Waals surface area (Å²) in [5.41, 5.74) is 1.10. The molecule has 1 heterocycles. The molecular formula is C11H12N2. The topological polar surface area (TPSA) is 17.8 Å². The lowest BCUT2D eigenvalue weighted by Crippen LogP contribution is -2.00. The summed E-state index contributed by atoms with van der Waals surface area (Å²) < 4.78 is 9.60. The highest BCUT2D eigenvalue weighted by atomic mass is 15.3. The number of rotatable bonds is 2. The van der Waals surface area contributed by atoms with Gasteiger partial charge < -0.3 is 0 Å². The van der Waals surface area contributed by atoms with Crippen LogP contribution in [0.2, 0.25) is 0 Å². The second-order valence-electron chi connectivity index (χ2n) is 3.75. The van der Waals surface area contributed by atoms with Crippen molar-refractivity contribution in [3.63, 3.8) is 0 Å². The molecule has 0 aliphatic heterocycles. The van der Waals surface area contributed by atoms with Crippen LogP contribution < -0.4 is 0 Å². The predicted octanol–water partition coefficient (Wildman–Crippen LogP) is 2.45. The lowest BCUT2D eigenvalue weighted by atomic mass is 10.2. The number of fused-ring (bicyclic) bond motifs is 1. The Hall–Kier alpha value is -1.31. The van der Waals surface area contributed by atoms with Crippen LogP contribution >= 0.6 is 0 Å². The third-order valence-electron chi connectivity index (χ3n) is 2.62. The van der Waals surface area contributed by atoms with Crippen LogP contribution in [0.5, 0.6) is 0 Å². The first-order valence-electron chi connectivity index (χ1n) is 5.25. The van der Waals surface area contributed by atoms with Gasteiger partial charge in [-0.1, -0.05) is 18.2 Å². The van der Waals surface area contributed by atoms with Crippen LogP contribution in [0.3, 0.4) is 0 Å². The third kappa shape index (κ3) is 1.22. The highest BCUT2D eigenvalue weighted by Crippen LogP contribution is 2.31. The van der Waals surface area contributed by atoms with Crippen LogP contribution in [0.15, 0.2) is 30.4 Å². The van der Waals surface area contributed by atoms with Crippen LogP contribution in [-0.4, -0.2) is 9.78 Å². The summed E-state index contributed by atoms with van der Waals surface area (Å²) in [6.45, 7) is 1.02. The molecular weight excluding hydrogens is 160 g/mol. The molecule has 1 saturated carbocycles. The summed E-state index contributed by atoms with van der Waals surface area (Å²) in [6.07, 6.45) is 4.56. The van der Waals surface area contributed by atoms with Crippen molar-refractivity contribution in [2.75, 3.05) is 0 Å². The quantitative estimate of drug-likeness (QED) is 0.682. The van der Waals surface area contributed by atoms with Gasteiger partial charge in [0.15, 0.2) is 0 Å². The van der Waals surface area contributed by atoms with E-state index in [2.05, 4.69) is 5.10 Å². The first kappa shape index (κ1) is 6.19. The van der Waals surface area contributed by atoms with Crippen LogP contribution in [0.25, 0.3) is 10.9 Å². The molecule has 13 heavy (non-hydrogen) atoms. The molecule has 0 radical (unpaired) electrons. The molecule has 2 nitrogen and oxygen atoms in total. The maximum atomic E-state index is 7.57. The van der Waals surface area contributed by atoms with Crippen LogP contribution in [-0.2, 0) is 6.54 Å². The molecule has 1 aromatic heterocycles. The minimum Gasteiger partial charge on any atom is -0.265 e. The molecule has 0 atom stereocenters. The predicted molar refractivity (Wildman–Crippen MR) is 52.5 cm³/mol. The average Bonchev–Trinajstić information content (AvgIpc) is 2.90. The van der Waals surface area contributed by atoms with Gasteiger partial charge in [0.05, 0.1) is 13.1 Å². The Morgan fingerprint density at radius 3 is 3.31 bits per heavy atom. The van der Waals surface area contributed by atoms with E-state index < -0.39 is 0 Å². The largest absolute Gasteiger partial charge is 0.265 e. The van der Waals surface area contributed by atoms with Crippen molar-refractivity contribution in [1.29, 1.82) is 0 Å². The molecule has 0 spiro atoms. The van der Waals surface area contributed by atoms with Gasteiger partial charge in [0, 0.05) is 11.9 Å². The van der Waals surface area contributed by atoms with Crippen molar-refractivity contribution < 1.29 is 1.37 Å². The number of aromatic nitrogens is 2. The monoisotopic (exact) mass is 173 g/mol. The minimum atomic E-state index is 0.565. The number of hydrogen-bond acceptors (Lipinski definition) is 1. The smallest absolute Gasteiger partial charge is 0.0682 e. The fraction of sp³-hybridized carbons (Fsp3) is 0.364. The van der Waals surface area contributed by atoms with Crippen molar-refractivity contribution in [3.8, 4) is 0 Å². The van der Waals surface area contributed by atoms with Gasteiger partial charge in [-0.05, 0) is 24.8 Å². The maximum Gasteiger partial charge on any atom is 0.0682 e. The molecule has 0 bridgehead atoms. The number of nitrogens with zero attached hydrogens (tertiary/aromatic N) is 2. The van der Waals surface area contributed by atoms with E-state index in [1.165, 1.54) is 12.8 Å². The van der Waals surface area contributed by atoms with Gasteiger partial charge in [-0.15, -0.1) is 0 Å². The molecule has 0 N–H and O–H groups in total. The molecule has 0 saturated heterocycles. The lowest BCUT2D eigenvalue weighted by molar-refractivity contribution is 0.580. The summed E-state index contributed by atoms with van der Waals surface area (Å²) in [5.74, 6) is 0.826. The molecule has 1 aliphatic rings. The molecule has 3 rings (SSSR count).